The van der Waals surface area contributed by atoms with E-state index in [4.69, 9.17) is 11.6 Å². The minimum atomic E-state index is -4.60. The molecule has 1 saturated heterocycles. The Morgan fingerprint density at radius 3 is 2.17 bits per heavy atom. The average molecular weight is 652 g/mol. The van der Waals surface area contributed by atoms with E-state index in [9.17, 15) is 27.6 Å². The number of carbonyl (C=O) groups is 3. The number of hydrogen-bond donors (Lipinski definition) is 4. The minimum absolute atomic E-state index is 0.00114. The van der Waals surface area contributed by atoms with Crippen molar-refractivity contribution in [2.24, 2.45) is 0 Å². The fraction of sp³-hybridized carbons (Fsp3) is 0.219. The Morgan fingerprint density at radius 2 is 1.46 bits per heavy atom. The number of amides is 3. The third-order valence-corrected chi connectivity index (χ3v) is 7.45. The molecule has 14 heteroatoms. The van der Waals surface area contributed by atoms with Gasteiger partial charge in [0.1, 0.15) is 0 Å². The smallest absolute Gasteiger partial charge is 0.351 e. The van der Waals surface area contributed by atoms with Gasteiger partial charge in [-0.05, 0) is 80.5 Å². The van der Waals surface area contributed by atoms with Crippen LogP contribution in [0.2, 0.25) is 5.02 Å². The van der Waals surface area contributed by atoms with E-state index in [1.807, 2.05) is 0 Å². The maximum absolute atomic E-state index is 13.0. The summed E-state index contributed by atoms with van der Waals surface area (Å²) in [6, 6.07) is 15.0. The molecule has 1 aliphatic heterocycles. The highest BCUT2D eigenvalue weighted by Gasteiger charge is 2.31. The van der Waals surface area contributed by atoms with Crippen LogP contribution in [0.25, 0.3) is 0 Å². The quantitative estimate of drug-likeness (QED) is 0.160. The average Bonchev–Trinajstić information content (AvgIpc) is 3.56. The number of anilines is 4. The van der Waals surface area contributed by atoms with Gasteiger partial charge in [-0.25, -0.2) is 9.97 Å². The monoisotopic (exact) mass is 651 g/mol. The van der Waals surface area contributed by atoms with Crippen molar-refractivity contribution in [1.29, 1.82) is 0 Å². The van der Waals surface area contributed by atoms with Gasteiger partial charge in [0.05, 0.1) is 34.2 Å². The number of hydrogen-bond acceptors (Lipinski definition) is 7. The normalized spacial score (nSPS) is 13.2. The number of carbonyl (C=O) groups excluding carboxylic acids is 3. The van der Waals surface area contributed by atoms with Crippen LogP contribution in [0.15, 0.2) is 79.1 Å². The van der Waals surface area contributed by atoms with Gasteiger partial charge in [-0.15, -0.1) is 0 Å². The zero-order valence-electron chi connectivity index (χ0n) is 24.3. The molecule has 3 amide bonds. The molecule has 5 rings (SSSR count). The molecule has 0 spiro atoms. The Balaban J connectivity index is 1.17. The molecule has 0 atom stereocenters. The highest BCUT2D eigenvalue weighted by molar-refractivity contribution is 6.34. The van der Waals surface area contributed by atoms with Gasteiger partial charge in [0.2, 0.25) is 5.95 Å². The van der Waals surface area contributed by atoms with Gasteiger partial charge in [0.15, 0.2) is 0 Å². The van der Waals surface area contributed by atoms with Gasteiger partial charge in [-0.1, -0.05) is 23.7 Å². The maximum atomic E-state index is 13.0. The van der Waals surface area contributed by atoms with Crippen molar-refractivity contribution in [2.45, 2.75) is 19.0 Å². The van der Waals surface area contributed by atoms with Gasteiger partial charge < -0.3 is 26.2 Å². The number of benzene rings is 3. The van der Waals surface area contributed by atoms with Crippen molar-refractivity contribution >= 4 is 52.3 Å². The molecule has 0 bridgehead atoms. The molecular weight excluding hydrogens is 623 g/mol. The van der Waals surface area contributed by atoms with Crippen LogP contribution in [-0.2, 0) is 6.18 Å². The lowest BCUT2D eigenvalue weighted by molar-refractivity contribution is -0.137. The van der Waals surface area contributed by atoms with Gasteiger partial charge in [-0.3, -0.25) is 14.4 Å². The SMILES string of the molecule is O=C(NCCN1CCCC1)c1cccc(Nc2ncc(NC(=O)c3cc(NC(=O)c4cccc(C(F)(F)F)c4)ccc3Cl)cn2)c1. The van der Waals surface area contributed by atoms with Gasteiger partial charge in [0, 0.05) is 35.6 Å². The van der Waals surface area contributed by atoms with Crippen molar-refractivity contribution in [3.63, 3.8) is 0 Å². The predicted octanol–water partition coefficient (Wildman–Crippen LogP) is 6.22. The molecule has 0 saturated carbocycles. The summed E-state index contributed by atoms with van der Waals surface area (Å²) in [5.41, 5.74) is 0.316. The van der Waals surface area contributed by atoms with Crippen LogP contribution in [0.5, 0.6) is 0 Å². The van der Waals surface area contributed by atoms with Crippen molar-refractivity contribution in [2.75, 3.05) is 42.1 Å². The number of aromatic nitrogens is 2. The van der Waals surface area contributed by atoms with E-state index < -0.39 is 23.6 Å². The third-order valence-electron chi connectivity index (χ3n) is 7.12. The van der Waals surface area contributed by atoms with E-state index in [0.29, 0.717) is 17.8 Å². The fourth-order valence-corrected chi connectivity index (χ4v) is 4.98. The molecule has 4 aromatic rings. The van der Waals surface area contributed by atoms with Gasteiger partial charge >= 0.3 is 6.18 Å². The summed E-state index contributed by atoms with van der Waals surface area (Å²) < 4.78 is 39.1. The van der Waals surface area contributed by atoms with Gasteiger partial charge in [-0.2, -0.15) is 13.2 Å². The molecule has 0 radical (unpaired) electrons. The topological polar surface area (TPSA) is 128 Å². The number of alkyl halides is 3. The first-order valence-corrected chi connectivity index (χ1v) is 14.7. The van der Waals surface area contributed by atoms with Crippen LogP contribution in [0.4, 0.5) is 36.2 Å². The second-order valence-corrected chi connectivity index (χ2v) is 10.9. The number of nitrogens with zero attached hydrogens (tertiary/aromatic N) is 3. The van der Waals surface area contributed by atoms with E-state index in [1.54, 1.807) is 24.3 Å². The first-order valence-electron chi connectivity index (χ1n) is 14.3. The maximum Gasteiger partial charge on any atom is 0.416 e. The summed E-state index contributed by atoms with van der Waals surface area (Å²) in [4.78, 5) is 48.9. The van der Waals surface area contributed by atoms with Crippen LogP contribution >= 0.6 is 11.6 Å². The number of halogens is 4. The zero-order chi connectivity index (χ0) is 32.7. The van der Waals surface area contributed by atoms with Gasteiger partial charge in [0.25, 0.3) is 17.7 Å². The highest BCUT2D eigenvalue weighted by Crippen LogP contribution is 2.30. The van der Waals surface area contributed by atoms with E-state index in [-0.39, 0.29) is 39.4 Å². The Hall–Kier alpha value is -5.01. The molecule has 1 aromatic heterocycles. The summed E-state index contributed by atoms with van der Waals surface area (Å²) in [6.07, 6.45) is 0.523. The Morgan fingerprint density at radius 1 is 0.783 bits per heavy atom. The molecule has 1 fully saturated rings. The number of likely N-dealkylation sites (tertiary alicyclic amines) is 1. The second kappa shape index (κ2) is 14.4. The molecule has 4 N–H and O–H groups in total. The lowest BCUT2D eigenvalue weighted by Gasteiger charge is -2.15. The number of rotatable bonds is 10. The molecule has 46 heavy (non-hydrogen) atoms. The van der Waals surface area contributed by atoms with Crippen molar-refractivity contribution < 1.29 is 27.6 Å². The molecule has 3 aromatic carbocycles. The Labute approximate surface area is 267 Å². The molecule has 0 unspecified atom stereocenters. The predicted molar refractivity (Wildman–Crippen MR) is 169 cm³/mol. The van der Waals surface area contributed by atoms with Crippen LogP contribution < -0.4 is 21.3 Å². The van der Waals surface area contributed by atoms with Crippen LogP contribution in [-0.4, -0.2) is 58.8 Å². The molecule has 0 aliphatic carbocycles. The first-order chi connectivity index (χ1) is 22.0. The highest BCUT2D eigenvalue weighted by atomic mass is 35.5. The van der Waals surface area contributed by atoms with E-state index >= 15 is 0 Å². The van der Waals surface area contributed by atoms with E-state index in [0.717, 1.165) is 37.8 Å². The first kappa shape index (κ1) is 32.4. The lowest BCUT2D eigenvalue weighted by Crippen LogP contribution is -2.33. The molecule has 2 heterocycles. The summed E-state index contributed by atoms with van der Waals surface area (Å²) in [7, 11) is 0. The lowest BCUT2D eigenvalue weighted by atomic mass is 10.1. The summed E-state index contributed by atoms with van der Waals surface area (Å²) in [5.74, 6) is -1.38. The third kappa shape index (κ3) is 8.58. The Kier molecular flexibility index (Phi) is 10.1. The van der Waals surface area contributed by atoms with E-state index in [2.05, 4.69) is 36.1 Å². The second-order valence-electron chi connectivity index (χ2n) is 10.5. The summed E-state index contributed by atoms with van der Waals surface area (Å²) in [6.45, 7) is 3.51. The van der Waals surface area contributed by atoms with Crippen LogP contribution in [0.1, 0.15) is 49.5 Å². The number of nitrogens with one attached hydrogen (secondary N) is 4. The minimum Gasteiger partial charge on any atom is -0.351 e. The van der Waals surface area contributed by atoms with Crippen molar-refractivity contribution in [3.8, 4) is 0 Å². The largest absolute Gasteiger partial charge is 0.416 e. The molecule has 238 valence electrons. The van der Waals surface area contributed by atoms with E-state index in [1.165, 1.54) is 49.5 Å². The van der Waals surface area contributed by atoms with Crippen LogP contribution in [0, 0.1) is 0 Å². The molecule has 1 aliphatic rings. The summed E-state index contributed by atoms with van der Waals surface area (Å²) >= 11 is 6.22. The summed E-state index contributed by atoms with van der Waals surface area (Å²) in [5, 5.41) is 11.1. The fourth-order valence-electron chi connectivity index (χ4n) is 4.78. The van der Waals surface area contributed by atoms with Crippen molar-refractivity contribution in [1.82, 2.24) is 20.2 Å². The standard InChI is InChI=1S/C32H29ClF3N7O3/c33-27-10-9-24(40-29(45)20-5-3-7-22(15-20)32(34,35)36)17-26(27)30(46)41-25-18-38-31(39-19-25)42-23-8-4-6-21(16-23)28(44)37-11-14-43-12-1-2-13-43/h3-10,15-19H,1-2,11-14H2,(H,37,44)(H,40,45)(H,41,46)(H,38,39,42). The zero-order valence-corrected chi connectivity index (χ0v) is 25.1. The molecular formula is C32H29ClF3N7O3. The molecule has 10 nitrogen and oxygen atoms in total. The Bertz CT molecular complexity index is 1730. The van der Waals surface area contributed by atoms with Crippen LogP contribution in [0.3, 0.4) is 0 Å². The van der Waals surface area contributed by atoms with Crippen molar-refractivity contribution in [3.05, 3.63) is 106 Å².